The standard InChI is InChI=1S/C16H22N6/c1-10(2)14-19-15(21-20-14)13-9-22(8-12(13)11-4-5-11)16-17-6-3-7-18-16/h3,6-7,10-13H,4-5,8-9H2,1-2H3,(H,19,20,21)/t12-,13+/m0/s1. The Morgan fingerprint density at radius 1 is 1.18 bits per heavy atom. The summed E-state index contributed by atoms with van der Waals surface area (Å²) in [7, 11) is 0. The number of aromatic nitrogens is 5. The van der Waals surface area contributed by atoms with Gasteiger partial charge in [0.1, 0.15) is 5.82 Å². The van der Waals surface area contributed by atoms with E-state index in [1.807, 2.05) is 18.5 Å². The van der Waals surface area contributed by atoms with Gasteiger partial charge in [0, 0.05) is 37.3 Å². The van der Waals surface area contributed by atoms with Gasteiger partial charge in [-0.15, -0.1) is 0 Å². The molecule has 1 aliphatic heterocycles. The molecule has 2 aromatic rings. The predicted octanol–water partition coefficient (Wildman–Crippen LogP) is 2.35. The molecule has 0 unspecified atom stereocenters. The van der Waals surface area contributed by atoms with Gasteiger partial charge >= 0.3 is 0 Å². The molecular formula is C16H22N6. The smallest absolute Gasteiger partial charge is 0.225 e. The van der Waals surface area contributed by atoms with Crippen LogP contribution < -0.4 is 4.90 Å². The number of nitrogens with zero attached hydrogens (tertiary/aromatic N) is 5. The summed E-state index contributed by atoms with van der Waals surface area (Å²) in [5, 5.41) is 7.57. The average Bonchev–Trinajstić information content (AvgIpc) is 3.10. The van der Waals surface area contributed by atoms with Crippen molar-refractivity contribution in [3.8, 4) is 0 Å². The van der Waals surface area contributed by atoms with E-state index in [1.165, 1.54) is 12.8 Å². The van der Waals surface area contributed by atoms with Crippen molar-refractivity contribution in [2.45, 2.75) is 38.5 Å². The quantitative estimate of drug-likeness (QED) is 0.938. The number of H-pyrrole nitrogens is 1. The predicted molar refractivity (Wildman–Crippen MR) is 83.7 cm³/mol. The Bertz CT molecular complexity index is 633. The summed E-state index contributed by atoms with van der Waals surface area (Å²) in [5.74, 6) is 5.02. The Hall–Kier alpha value is -1.98. The van der Waals surface area contributed by atoms with Crippen molar-refractivity contribution in [2.24, 2.45) is 11.8 Å². The van der Waals surface area contributed by atoms with E-state index < -0.39 is 0 Å². The van der Waals surface area contributed by atoms with Crippen molar-refractivity contribution in [3.05, 3.63) is 30.1 Å². The minimum atomic E-state index is 0.360. The van der Waals surface area contributed by atoms with Crippen LogP contribution in [0.3, 0.4) is 0 Å². The molecule has 0 spiro atoms. The highest BCUT2D eigenvalue weighted by molar-refractivity contribution is 5.34. The molecule has 0 amide bonds. The van der Waals surface area contributed by atoms with Crippen LogP contribution in [0.25, 0.3) is 0 Å². The van der Waals surface area contributed by atoms with E-state index in [0.29, 0.717) is 17.8 Å². The van der Waals surface area contributed by atoms with Gasteiger partial charge in [0.2, 0.25) is 5.95 Å². The highest BCUT2D eigenvalue weighted by atomic mass is 15.3. The third-order valence-corrected chi connectivity index (χ3v) is 4.82. The Kier molecular flexibility index (Phi) is 3.32. The van der Waals surface area contributed by atoms with E-state index in [2.05, 4.69) is 38.9 Å². The van der Waals surface area contributed by atoms with E-state index in [1.54, 1.807) is 0 Å². The van der Waals surface area contributed by atoms with E-state index in [4.69, 9.17) is 4.98 Å². The average molecular weight is 298 g/mol. The van der Waals surface area contributed by atoms with Crippen LogP contribution in [0, 0.1) is 11.8 Å². The van der Waals surface area contributed by atoms with Crippen molar-refractivity contribution >= 4 is 5.95 Å². The van der Waals surface area contributed by atoms with Crippen LogP contribution >= 0.6 is 0 Å². The van der Waals surface area contributed by atoms with Crippen molar-refractivity contribution in [3.63, 3.8) is 0 Å². The Morgan fingerprint density at radius 3 is 2.59 bits per heavy atom. The molecule has 6 nitrogen and oxygen atoms in total. The summed E-state index contributed by atoms with van der Waals surface area (Å²) >= 11 is 0. The lowest BCUT2D eigenvalue weighted by Crippen LogP contribution is -2.22. The topological polar surface area (TPSA) is 70.6 Å². The summed E-state index contributed by atoms with van der Waals surface area (Å²) in [5.41, 5.74) is 0. The van der Waals surface area contributed by atoms with Gasteiger partial charge < -0.3 is 4.90 Å². The van der Waals surface area contributed by atoms with Gasteiger partial charge in [-0.3, -0.25) is 5.10 Å². The minimum Gasteiger partial charge on any atom is -0.340 e. The SMILES string of the molecule is CC(C)c1n[nH]c([C@@H]2CN(c3ncccn3)C[C@H]2C2CC2)n1. The zero-order valence-electron chi connectivity index (χ0n) is 13.1. The molecule has 2 aromatic heterocycles. The van der Waals surface area contributed by atoms with Crippen LogP contribution in [0.15, 0.2) is 18.5 Å². The minimum absolute atomic E-state index is 0.360. The molecular weight excluding hydrogens is 276 g/mol. The fourth-order valence-corrected chi connectivity index (χ4v) is 3.45. The van der Waals surface area contributed by atoms with Gasteiger partial charge in [-0.05, 0) is 30.7 Å². The fourth-order valence-electron chi connectivity index (χ4n) is 3.45. The van der Waals surface area contributed by atoms with Crippen LogP contribution in [0.4, 0.5) is 5.95 Å². The molecule has 4 rings (SSSR count). The second kappa shape index (κ2) is 5.34. The summed E-state index contributed by atoms with van der Waals surface area (Å²) in [6.45, 7) is 6.21. The van der Waals surface area contributed by atoms with Crippen LogP contribution in [0.2, 0.25) is 0 Å². The number of nitrogens with one attached hydrogen (secondary N) is 1. The highest BCUT2D eigenvalue weighted by Gasteiger charge is 2.45. The maximum Gasteiger partial charge on any atom is 0.225 e. The Balaban J connectivity index is 1.59. The maximum absolute atomic E-state index is 4.75. The lowest BCUT2D eigenvalue weighted by atomic mass is 9.91. The second-order valence-electron chi connectivity index (χ2n) is 6.80. The van der Waals surface area contributed by atoms with Crippen molar-refractivity contribution in [1.82, 2.24) is 25.1 Å². The number of hydrogen-bond donors (Lipinski definition) is 1. The van der Waals surface area contributed by atoms with Crippen LogP contribution in [-0.4, -0.2) is 38.2 Å². The molecule has 0 aromatic carbocycles. The largest absolute Gasteiger partial charge is 0.340 e. The molecule has 1 saturated carbocycles. The monoisotopic (exact) mass is 298 g/mol. The molecule has 22 heavy (non-hydrogen) atoms. The van der Waals surface area contributed by atoms with Crippen LogP contribution in [0.1, 0.15) is 50.2 Å². The first-order valence-corrected chi connectivity index (χ1v) is 8.16. The highest BCUT2D eigenvalue weighted by Crippen LogP contribution is 2.47. The van der Waals surface area contributed by atoms with Gasteiger partial charge in [-0.2, -0.15) is 5.10 Å². The number of hydrogen-bond acceptors (Lipinski definition) is 5. The van der Waals surface area contributed by atoms with Crippen LogP contribution in [0.5, 0.6) is 0 Å². The summed E-state index contributed by atoms with van der Waals surface area (Å²) < 4.78 is 0. The molecule has 0 bridgehead atoms. The normalized spacial score (nSPS) is 25.1. The third-order valence-electron chi connectivity index (χ3n) is 4.82. The molecule has 1 N–H and O–H groups in total. The summed E-state index contributed by atoms with van der Waals surface area (Å²) in [6, 6.07) is 1.86. The van der Waals surface area contributed by atoms with Crippen molar-refractivity contribution < 1.29 is 0 Å². The van der Waals surface area contributed by atoms with E-state index in [9.17, 15) is 0 Å². The summed E-state index contributed by atoms with van der Waals surface area (Å²) in [6.07, 6.45) is 6.31. The second-order valence-corrected chi connectivity index (χ2v) is 6.80. The first-order chi connectivity index (χ1) is 10.7. The number of aromatic amines is 1. The lowest BCUT2D eigenvalue weighted by Gasteiger charge is -2.15. The van der Waals surface area contributed by atoms with E-state index >= 15 is 0 Å². The van der Waals surface area contributed by atoms with E-state index in [-0.39, 0.29) is 0 Å². The van der Waals surface area contributed by atoms with Crippen molar-refractivity contribution in [2.75, 3.05) is 18.0 Å². The molecule has 1 saturated heterocycles. The third kappa shape index (κ3) is 2.46. The molecule has 1 aliphatic carbocycles. The lowest BCUT2D eigenvalue weighted by molar-refractivity contribution is 0.444. The Morgan fingerprint density at radius 2 is 1.95 bits per heavy atom. The van der Waals surface area contributed by atoms with Gasteiger partial charge in [-0.1, -0.05) is 13.8 Å². The molecule has 0 radical (unpaired) electrons. The Labute approximate surface area is 130 Å². The number of anilines is 1. The van der Waals surface area contributed by atoms with Gasteiger partial charge in [0.15, 0.2) is 5.82 Å². The van der Waals surface area contributed by atoms with Gasteiger partial charge in [0.05, 0.1) is 0 Å². The zero-order chi connectivity index (χ0) is 15.1. The molecule has 2 aliphatic rings. The van der Waals surface area contributed by atoms with Gasteiger partial charge in [-0.25, -0.2) is 15.0 Å². The van der Waals surface area contributed by atoms with Crippen LogP contribution in [-0.2, 0) is 0 Å². The molecule has 6 heteroatoms. The first kappa shape index (κ1) is 13.7. The van der Waals surface area contributed by atoms with Gasteiger partial charge in [0.25, 0.3) is 0 Å². The first-order valence-electron chi connectivity index (χ1n) is 8.16. The van der Waals surface area contributed by atoms with Crippen molar-refractivity contribution in [1.29, 1.82) is 0 Å². The molecule has 3 heterocycles. The summed E-state index contributed by atoms with van der Waals surface area (Å²) in [4.78, 5) is 15.9. The zero-order valence-corrected chi connectivity index (χ0v) is 13.1. The maximum atomic E-state index is 4.75. The number of rotatable bonds is 4. The van der Waals surface area contributed by atoms with E-state index in [0.717, 1.165) is 36.6 Å². The molecule has 2 atom stereocenters. The molecule has 116 valence electrons. The molecule has 2 fully saturated rings. The fraction of sp³-hybridized carbons (Fsp3) is 0.625.